The van der Waals surface area contributed by atoms with Crippen LogP contribution in [0, 0.1) is 0 Å². The quantitative estimate of drug-likeness (QED) is 0.643. The van der Waals surface area contributed by atoms with Gasteiger partial charge in [0.05, 0.1) is 27.7 Å². The van der Waals surface area contributed by atoms with Crippen LogP contribution in [-0.4, -0.2) is 12.1 Å². The van der Waals surface area contributed by atoms with E-state index in [1.165, 1.54) is 7.11 Å². The lowest BCUT2D eigenvalue weighted by Gasteiger charge is -2.10. The number of nitrogens with zero attached hydrogens (tertiary/aromatic N) is 1. The molecule has 0 saturated heterocycles. The van der Waals surface area contributed by atoms with E-state index < -0.39 is 0 Å². The molecule has 0 aliphatic rings. The Balaban J connectivity index is 2.97. The molecule has 0 saturated carbocycles. The molecule has 17 heavy (non-hydrogen) atoms. The molecule has 90 valence electrons. The summed E-state index contributed by atoms with van der Waals surface area (Å²) in [6.45, 7) is 0. The van der Waals surface area contributed by atoms with Crippen LogP contribution in [0.5, 0.6) is 5.75 Å². The zero-order valence-corrected chi connectivity index (χ0v) is 12.1. The van der Waals surface area contributed by atoms with Gasteiger partial charge >= 0.3 is 0 Å². The Labute approximate surface area is 122 Å². The van der Waals surface area contributed by atoms with Gasteiger partial charge in [-0.25, -0.2) is 4.98 Å². The minimum Gasteiger partial charge on any atom is -0.494 e. The lowest BCUT2D eigenvalue weighted by molar-refractivity contribution is 0.416. The van der Waals surface area contributed by atoms with Gasteiger partial charge in [-0.3, -0.25) is 0 Å². The molecule has 2 rings (SSSR count). The molecule has 2 nitrogen and oxygen atoms in total. The molecular formula is C10H4Cl5NO. The Bertz CT molecular complexity index is 614. The average molecular weight is 331 g/mol. The minimum absolute atomic E-state index is 0.0791. The highest BCUT2D eigenvalue weighted by molar-refractivity contribution is 6.51. The lowest BCUT2D eigenvalue weighted by Crippen LogP contribution is -1.91. The first kappa shape index (κ1) is 13.3. The largest absolute Gasteiger partial charge is 0.494 e. The lowest BCUT2D eigenvalue weighted by atomic mass is 10.2. The van der Waals surface area contributed by atoms with E-state index in [4.69, 9.17) is 62.7 Å². The highest BCUT2D eigenvalue weighted by atomic mass is 35.5. The number of aromatic nitrogens is 1. The molecule has 0 amide bonds. The standard InChI is InChI=1S/C10H4Cl5NO/c1-17-9-4(11)2-3-5(12)6(13)10(15)16-8(3)7(9)14/h2H,1H3. The number of ether oxygens (including phenoxy) is 1. The summed E-state index contributed by atoms with van der Waals surface area (Å²) in [6, 6.07) is 1.58. The third-order valence-corrected chi connectivity index (χ3v) is 4.03. The number of pyridine rings is 1. The topological polar surface area (TPSA) is 22.1 Å². The Kier molecular flexibility index (Phi) is 3.81. The van der Waals surface area contributed by atoms with E-state index in [1.807, 2.05) is 0 Å². The van der Waals surface area contributed by atoms with Crippen LogP contribution in [0.3, 0.4) is 0 Å². The maximum Gasteiger partial charge on any atom is 0.158 e. The SMILES string of the molecule is COc1c(Cl)cc2c(Cl)c(Cl)c(Cl)nc2c1Cl. The summed E-state index contributed by atoms with van der Waals surface area (Å²) in [7, 11) is 1.46. The van der Waals surface area contributed by atoms with E-state index in [2.05, 4.69) is 4.98 Å². The fourth-order valence-electron chi connectivity index (χ4n) is 1.41. The van der Waals surface area contributed by atoms with Crippen LogP contribution in [0.15, 0.2) is 6.07 Å². The molecule has 0 unspecified atom stereocenters. The van der Waals surface area contributed by atoms with Gasteiger partial charge in [-0.2, -0.15) is 0 Å². The summed E-state index contributed by atoms with van der Waals surface area (Å²) in [5, 5.41) is 1.60. The monoisotopic (exact) mass is 329 g/mol. The summed E-state index contributed by atoms with van der Waals surface area (Å²) in [4.78, 5) is 4.06. The van der Waals surface area contributed by atoms with Crippen LogP contribution in [-0.2, 0) is 0 Å². The van der Waals surface area contributed by atoms with Crippen LogP contribution >= 0.6 is 58.0 Å². The average Bonchev–Trinajstić information content (AvgIpc) is 2.29. The molecule has 0 spiro atoms. The van der Waals surface area contributed by atoms with E-state index in [-0.39, 0.29) is 20.2 Å². The van der Waals surface area contributed by atoms with E-state index in [0.29, 0.717) is 21.7 Å². The summed E-state index contributed by atoms with van der Waals surface area (Å²) in [5.41, 5.74) is 0.396. The first-order valence-corrected chi connectivity index (χ1v) is 6.22. The molecule has 0 radical (unpaired) electrons. The molecule has 2 aromatic rings. The van der Waals surface area contributed by atoms with E-state index in [0.717, 1.165) is 0 Å². The molecule has 7 heteroatoms. The smallest absolute Gasteiger partial charge is 0.158 e. The van der Waals surface area contributed by atoms with Gasteiger partial charge in [0.2, 0.25) is 0 Å². The van der Waals surface area contributed by atoms with Crippen LogP contribution in [0.2, 0.25) is 25.2 Å². The number of hydrogen-bond donors (Lipinski definition) is 0. The highest BCUT2D eigenvalue weighted by Gasteiger charge is 2.18. The summed E-state index contributed by atoms with van der Waals surface area (Å²) < 4.78 is 5.07. The van der Waals surface area contributed by atoms with Crippen molar-refractivity contribution in [3.8, 4) is 5.75 Å². The van der Waals surface area contributed by atoms with Crippen molar-refractivity contribution in [1.82, 2.24) is 4.98 Å². The summed E-state index contributed by atoms with van der Waals surface area (Å²) in [5.74, 6) is 0.322. The molecule has 1 aromatic heterocycles. The Hall–Kier alpha value is -0.120. The van der Waals surface area contributed by atoms with Gasteiger partial charge in [0.1, 0.15) is 10.2 Å². The molecule has 0 aliphatic heterocycles. The van der Waals surface area contributed by atoms with E-state index in [9.17, 15) is 0 Å². The van der Waals surface area contributed by atoms with Crippen molar-refractivity contribution in [1.29, 1.82) is 0 Å². The van der Waals surface area contributed by atoms with Crippen molar-refractivity contribution in [2.45, 2.75) is 0 Å². The van der Waals surface area contributed by atoms with E-state index >= 15 is 0 Å². The predicted octanol–water partition coefficient (Wildman–Crippen LogP) is 5.51. The van der Waals surface area contributed by atoms with Crippen molar-refractivity contribution < 1.29 is 4.74 Å². The second-order valence-electron chi connectivity index (χ2n) is 3.13. The second kappa shape index (κ2) is 4.87. The third-order valence-electron chi connectivity index (χ3n) is 2.17. The van der Waals surface area contributed by atoms with Crippen LogP contribution in [0.1, 0.15) is 0 Å². The molecule has 0 fully saturated rings. The molecule has 1 aromatic carbocycles. The number of hydrogen-bond acceptors (Lipinski definition) is 2. The maximum atomic E-state index is 6.11. The first-order chi connectivity index (χ1) is 7.97. The highest BCUT2D eigenvalue weighted by Crippen LogP contribution is 2.43. The Morgan fingerprint density at radius 1 is 1.00 bits per heavy atom. The molecule has 0 aliphatic carbocycles. The van der Waals surface area contributed by atoms with Crippen LogP contribution < -0.4 is 4.74 Å². The van der Waals surface area contributed by atoms with E-state index in [1.54, 1.807) is 6.07 Å². The van der Waals surface area contributed by atoms with Crippen molar-refractivity contribution in [3.63, 3.8) is 0 Å². The number of benzene rings is 1. The Morgan fingerprint density at radius 2 is 1.65 bits per heavy atom. The van der Waals surface area contributed by atoms with Crippen LogP contribution in [0.25, 0.3) is 10.9 Å². The molecule has 0 bridgehead atoms. The first-order valence-electron chi connectivity index (χ1n) is 4.33. The van der Waals surface area contributed by atoms with Gasteiger partial charge < -0.3 is 4.74 Å². The van der Waals surface area contributed by atoms with Gasteiger partial charge in [0, 0.05) is 5.39 Å². The van der Waals surface area contributed by atoms with Gasteiger partial charge in [0.25, 0.3) is 0 Å². The predicted molar refractivity (Wildman–Crippen MR) is 73.3 cm³/mol. The van der Waals surface area contributed by atoms with Crippen molar-refractivity contribution in [2.24, 2.45) is 0 Å². The normalized spacial score (nSPS) is 10.9. The fourth-order valence-corrected chi connectivity index (χ4v) is 2.67. The van der Waals surface area contributed by atoms with Crippen molar-refractivity contribution >= 4 is 68.9 Å². The van der Waals surface area contributed by atoms with Crippen LogP contribution in [0.4, 0.5) is 0 Å². The zero-order valence-electron chi connectivity index (χ0n) is 8.32. The second-order valence-corrected chi connectivity index (χ2v) is 5.03. The van der Waals surface area contributed by atoms with Gasteiger partial charge in [-0.1, -0.05) is 58.0 Å². The number of rotatable bonds is 1. The van der Waals surface area contributed by atoms with Gasteiger partial charge in [-0.15, -0.1) is 0 Å². The third kappa shape index (κ3) is 2.13. The number of fused-ring (bicyclic) bond motifs is 1. The zero-order chi connectivity index (χ0) is 12.7. The molecule has 0 N–H and O–H groups in total. The van der Waals surface area contributed by atoms with Crippen molar-refractivity contribution in [2.75, 3.05) is 7.11 Å². The fraction of sp³-hybridized carbons (Fsp3) is 0.100. The Morgan fingerprint density at radius 3 is 2.24 bits per heavy atom. The minimum atomic E-state index is 0.0791. The van der Waals surface area contributed by atoms with Gasteiger partial charge in [0.15, 0.2) is 5.75 Å². The maximum absolute atomic E-state index is 6.11. The summed E-state index contributed by atoms with van der Waals surface area (Å²) in [6.07, 6.45) is 0. The van der Waals surface area contributed by atoms with Crippen molar-refractivity contribution in [3.05, 3.63) is 31.3 Å². The molecule has 0 atom stereocenters. The molecular weight excluding hydrogens is 327 g/mol. The number of methoxy groups -OCH3 is 1. The summed E-state index contributed by atoms with van der Waals surface area (Å²) >= 11 is 29.9. The van der Waals surface area contributed by atoms with Gasteiger partial charge in [-0.05, 0) is 6.07 Å². The molecule has 1 heterocycles. The number of halogens is 5.